The minimum absolute atomic E-state index is 0.0429. The van der Waals surface area contributed by atoms with E-state index in [0.29, 0.717) is 10.8 Å². The Morgan fingerprint density at radius 2 is 2.05 bits per heavy atom. The van der Waals surface area contributed by atoms with Gasteiger partial charge in [0.1, 0.15) is 5.65 Å². The molecule has 3 heterocycles. The van der Waals surface area contributed by atoms with Gasteiger partial charge < -0.3 is 5.73 Å². The first-order chi connectivity index (χ1) is 9.88. The molecule has 0 radical (unpaired) electrons. The van der Waals surface area contributed by atoms with Crippen LogP contribution in [0.2, 0.25) is 0 Å². The van der Waals surface area contributed by atoms with Gasteiger partial charge in [-0.2, -0.15) is 8.42 Å². The van der Waals surface area contributed by atoms with Crippen molar-refractivity contribution >= 4 is 38.0 Å². The van der Waals surface area contributed by atoms with E-state index in [1.165, 1.54) is 15.7 Å². The molecule has 0 saturated heterocycles. The zero-order valence-corrected chi connectivity index (χ0v) is 13.0. The summed E-state index contributed by atoms with van der Waals surface area (Å²) >= 11 is 1.28. The lowest BCUT2D eigenvalue weighted by Gasteiger charge is -2.05. The molecule has 0 amide bonds. The number of hydrogen-bond donors (Lipinski definition) is 2. The van der Waals surface area contributed by atoms with Gasteiger partial charge in [0.15, 0.2) is 10.9 Å². The van der Waals surface area contributed by atoms with Crippen molar-refractivity contribution in [2.45, 2.75) is 18.9 Å². The van der Waals surface area contributed by atoms with Gasteiger partial charge in [-0.3, -0.25) is 9.12 Å². The summed E-state index contributed by atoms with van der Waals surface area (Å²) in [6, 6.07) is 5.16. The number of hydrogen-bond acceptors (Lipinski definition) is 6. The number of imidazole rings is 1. The van der Waals surface area contributed by atoms with Gasteiger partial charge in [-0.25, -0.2) is 9.97 Å². The van der Waals surface area contributed by atoms with Crippen molar-refractivity contribution in [1.29, 1.82) is 0 Å². The van der Waals surface area contributed by atoms with Crippen molar-refractivity contribution in [2.75, 3.05) is 10.5 Å². The molecule has 0 spiro atoms. The number of aryl methyl sites for hydroxylation is 2. The second kappa shape index (κ2) is 4.71. The molecule has 3 aromatic rings. The molecule has 0 aliphatic carbocycles. The molecular weight excluding hydrogens is 310 g/mol. The van der Waals surface area contributed by atoms with Crippen LogP contribution >= 0.6 is 11.3 Å². The fourth-order valence-electron chi connectivity index (χ4n) is 1.94. The molecule has 0 aliphatic heterocycles. The van der Waals surface area contributed by atoms with Crippen LogP contribution < -0.4 is 10.5 Å². The highest BCUT2D eigenvalue weighted by molar-refractivity contribution is 7.93. The lowest BCUT2D eigenvalue weighted by Crippen LogP contribution is -2.16. The lowest BCUT2D eigenvalue weighted by atomic mass is 10.4. The molecule has 21 heavy (non-hydrogen) atoms. The van der Waals surface area contributed by atoms with Crippen LogP contribution in [0.4, 0.5) is 10.9 Å². The Hall–Kier alpha value is -2.13. The number of anilines is 2. The van der Waals surface area contributed by atoms with Gasteiger partial charge in [-0.15, -0.1) is 11.3 Å². The Morgan fingerprint density at radius 3 is 2.71 bits per heavy atom. The van der Waals surface area contributed by atoms with Crippen LogP contribution in [0, 0.1) is 13.8 Å². The van der Waals surface area contributed by atoms with Crippen molar-refractivity contribution in [2.24, 2.45) is 0 Å². The zero-order valence-electron chi connectivity index (χ0n) is 11.4. The summed E-state index contributed by atoms with van der Waals surface area (Å²) in [5.74, 6) is -0.0429. The molecule has 3 N–H and O–H groups in total. The number of rotatable bonds is 3. The van der Waals surface area contributed by atoms with Crippen LogP contribution in [0.15, 0.2) is 29.4 Å². The lowest BCUT2D eigenvalue weighted by molar-refractivity contribution is 0.597. The van der Waals surface area contributed by atoms with Crippen LogP contribution in [0.3, 0.4) is 0 Å². The quantitative estimate of drug-likeness (QED) is 0.765. The molecule has 0 fully saturated rings. The molecule has 0 aromatic carbocycles. The fourth-order valence-corrected chi connectivity index (χ4v) is 4.21. The molecule has 0 aliphatic rings. The third kappa shape index (κ3) is 2.34. The molecule has 0 unspecified atom stereocenters. The predicted molar refractivity (Wildman–Crippen MR) is 82.0 cm³/mol. The van der Waals surface area contributed by atoms with Crippen molar-refractivity contribution in [3.8, 4) is 0 Å². The second-order valence-corrected chi connectivity index (χ2v) is 7.30. The van der Waals surface area contributed by atoms with Crippen molar-refractivity contribution in [1.82, 2.24) is 14.4 Å². The third-order valence-corrected chi connectivity index (χ3v) is 5.51. The topological polar surface area (TPSA) is 102 Å². The standard InChI is InChI=1S/C12H13N5O2S2/c1-7-8(2)20-12(14-7)16-21(18,19)11-10(13)15-9-5-3-4-6-17(9)11/h3-6H,13H2,1-2H3,(H,14,16). The fraction of sp³-hybridized carbons (Fsp3) is 0.167. The maximum atomic E-state index is 12.5. The monoisotopic (exact) mass is 323 g/mol. The number of pyridine rings is 1. The van der Waals surface area contributed by atoms with E-state index >= 15 is 0 Å². The first kappa shape index (κ1) is 13.8. The number of thiazole rings is 1. The number of nitrogen functional groups attached to an aromatic ring is 1. The molecule has 0 bridgehead atoms. The first-order valence-corrected chi connectivity index (χ1v) is 8.38. The number of nitrogens with zero attached hydrogens (tertiary/aromatic N) is 3. The van der Waals surface area contributed by atoms with E-state index in [0.717, 1.165) is 10.6 Å². The molecule has 9 heteroatoms. The van der Waals surface area contributed by atoms with E-state index < -0.39 is 10.0 Å². The van der Waals surface area contributed by atoms with E-state index in [1.54, 1.807) is 24.4 Å². The highest BCUT2D eigenvalue weighted by atomic mass is 32.2. The minimum atomic E-state index is -3.86. The van der Waals surface area contributed by atoms with Crippen LogP contribution in [0.1, 0.15) is 10.6 Å². The molecule has 3 rings (SSSR count). The van der Waals surface area contributed by atoms with E-state index in [1.807, 2.05) is 13.8 Å². The normalized spacial score (nSPS) is 11.9. The SMILES string of the molecule is Cc1nc(NS(=O)(=O)c2c(N)nc3ccccn23)sc1C. The number of sulfonamides is 1. The van der Waals surface area contributed by atoms with Crippen molar-refractivity contribution in [3.05, 3.63) is 35.0 Å². The van der Waals surface area contributed by atoms with Gasteiger partial charge in [-0.1, -0.05) is 6.07 Å². The summed E-state index contributed by atoms with van der Waals surface area (Å²) < 4.78 is 29.0. The molecule has 7 nitrogen and oxygen atoms in total. The first-order valence-electron chi connectivity index (χ1n) is 6.08. The van der Waals surface area contributed by atoms with E-state index in [-0.39, 0.29) is 10.8 Å². The summed E-state index contributed by atoms with van der Waals surface area (Å²) in [5.41, 5.74) is 7.03. The minimum Gasteiger partial charge on any atom is -0.381 e. The van der Waals surface area contributed by atoms with E-state index in [2.05, 4.69) is 14.7 Å². The summed E-state index contributed by atoms with van der Waals surface area (Å²) in [6.07, 6.45) is 1.60. The summed E-state index contributed by atoms with van der Waals surface area (Å²) in [5, 5.41) is 0.235. The number of nitrogens with two attached hydrogens (primary N) is 1. The molecule has 110 valence electrons. The van der Waals surface area contributed by atoms with Crippen LogP contribution in [0.5, 0.6) is 0 Å². The van der Waals surface area contributed by atoms with E-state index in [9.17, 15) is 8.42 Å². The molecule has 0 atom stereocenters. The van der Waals surface area contributed by atoms with Gasteiger partial charge in [-0.05, 0) is 26.0 Å². The number of nitrogens with one attached hydrogen (secondary N) is 1. The summed E-state index contributed by atoms with van der Waals surface area (Å²) in [7, 11) is -3.86. The van der Waals surface area contributed by atoms with Gasteiger partial charge in [0.25, 0.3) is 10.0 Å². The molecule has 0 saturated carbocycles. The van der Waals surface area contributed by atoms with Crippen molar-refractivity contribution < 1.29 is 8.42 Å². The smallest absolute Gasteiger partial charge is 0.283 e. The van der Waals surface area contributed by atoms with Gasteiger partial charge in [0, 0.05) is 11.1 Å². The van der Waals surface area contributed by atoms with Crippen LogP contribution in [-0.2, 0) is 10.0 Å². The Bertz CT molecular complexity index is 907. The van der Waals surface area contributed by atoms with Crippen LogP contribution in [-0.4, -0.2) is 22.8 Å². The van der Waals surface area contributed by atoms with E-state index in [4.69, 9.17) is 5.73 Å². The Kier molecular flexibility index (Phi) is 3.10. The average Bonchev–Trinajstić information content (AvgIpc) is 2.88. The summed E-state index contributed by atoms with van der Waals surface area (Å²) in [4.78, 5) is 9.18. The zero-order chi connectivity index (χ0) is 15.2. The van der Waals surface area contributed by atoms with Gasteiger partial charge in [0.2, 0.25) is 5.03 Å². The highest BCUT2D eigenvalue weighted by Crippen LogP contribution is 2.26. The van der Waals surface area contributed by atoms with Crippen molar-refractivity contribution in [3.63, 3.8) is 0 Å². The predicted octanol–water partition coefficient (Wildman–Crippen LogP) is 1.79. The number of aromatic nitrogens is 3. The average molecular weight is 323 g/mol. The third-order valence-electron chi connectivity index (χ3n) is 3.02. The second-order valence-electron chi connectivity index (χ2n) is 4.50. The largest absolute Gasteiger partial charge is 0.381 e. The Morgan fingerprint density at radius 1 is 1.29 bits per heavy atom. The number of fused-ring (bicyclic) bond motifs is 1. The maximum Gasteiger partial charge on any atom is 0.283 e. The summed E-state index contributed by atoms with van der Waals surface area (Å²) in [6.45, 7) is 3.71. The highest BCUT2D eigenvalue weighted by Gasteiger charge is 2.25. The van der Waals surface area contributed by atoms with Gasteiger partial charge in [0.05, 0.1) is 5.69 Å². The maximum absolute atomic E-state index is 12.5. The molecular formula is C12H13N5O2S2. The Balaban J connectivity index is 2.10. The molecule has 3 aromatic heterocycles. The van der Waals surface area contributed by atoms with Gasteiger partial charge >= 0.3 is 0 Å². The van der Waals surface area contributed by atoms with Crippen LogP contribution in [0.25, 0.3) is 5.65 Å². The Labute approximate surface area is 125 Å².